The Hall–Kier alpha value is -1.75. The van der Waals surface area contributed by atoms with Gasteiger partial charge in [-0.1, -0.05) is 23.7 Å². The van der Waals surface area contributed by atoms with E-state index in [0.29, 0.717) is 35.9 Å². The van der Waals surface area contributed by atoms with Gasteiger partial charge in [0.05, 0.1) is 18.1 Å². The Bertz CT molecular complexity index is 561. The standard InChI is InChI=1S/C16H20ClNO4/c1-2-22-15-11(6-5-7-12(15)17)10-14(19)18-9-4-3-8-13(18)16(20)21/h5-7,13H,2-4,8-10H2,1H3,(H,20,21)/t13-/m1/s1. The van der Waals surface area contributed by atoms with Crippen LogP contribution in [-0.4, -0.2) is 41.1 Å². The van der Waals surface area contributed by atoms with E-state index in [9.17, 15) is 14.7 Å². The Morgan fingerprint density at radius 1 is 1.41 bits per heavy atom. The van der Waals surface area contributed by atoms with Crippen LogP contribution < -0.4 is 4.74 Å². The zero-order valence-electron chi connectivity index (χ0n) is 12.5. The fourth-order valence-electron chi connectivity index (χ4n) is 2.75. The van der Waals surface area contributed by atoms with E-state index in [0.717, 1.165) is 12.8 Å². The molecule has 1 aromatic carbocycles. The molecule has 2 rings (SSSR count). The summed E-state index contributed by atoms with van der Waals surface area (Å²) in [4.78, 5) is 25.3. The lowest BCUT2D eigenvalue weighted by Crippen LogP contribution is -2.48. The summed E-state index contributed by atoms with van der Waals surface area (Å²) in [6.45, 7) is 2.78. The van der Waals surface area contributed by atoms with Crippen molar-refractivity contribution in [1.82, 2.24) is 4.90 Å². The zero-order valence-corrected chi connectivity index (χ0v) is 13.3. The molecule has 0 saturated carbocycles. The number of likely N-dealkylation sites (tertiary alicyclic amines) is 1. The highest BCUT2D eigenvalue weighted by molar-refractivity contribution is 6.32. The van der Waals surface area contributed by atoms with Crippen LogP contribution in [0.4, 0.5) is 0 Å². The number of carboxylic acids is 1. The topological polar surface area (TPSA) is 66.8 Å². The Morgan fingerprint density at radius 2 is 2.18 bits per heavy atom. The second-order valence-electron chi connectivity index (χ2n) is 5.27. The number of amides is 1. The van der Waals surface area contributed by atoms with Crippen LogP contribution in [0, 0.1) is 0 Å². The molecule has 0 spiro atoms. The summed E-state index contributed by atoms with van der Waals surface area (Å²) in [6.07, 6.45) is 2.28. The number of nitrogens with zero attached hydrogens (tertiary/aromatic N) is 1. The summed E-state index contributed by atoms with van der Waals surface area (Å²) in [5.41, 5.74) is 0.689. The Morgan fingerprint density at radius 3 is 2.86 bits per heavy atom. The molecule has 1 fully saturated rings. The van der Waals surface area contributed by atoms with Crippen molar-refractivity contribution < 1.29 is 19.4 Å². The normalized spacial score (nSPS) is 18.1. The molecule has 0 radical (unpaired) electrons. The number of hydrogen-bond acceptors (Lipinski definition) is 3. The van der Waals surface area contributed by atoms with Gasteiger partial charge in [0.25, 0.3) is 0 Å². The Kier molecular flexibility index (Phi) is 5.66. The maximum Gasteiger partial charge on any atom is 0.326 e. The quantitative estimate of drug-likeness (QED) is 0.904. The van der Waals surface area contributed by atoms with Crippen molar-refractivity contribution in [3.63, 3.8) is 0 Å². The van der Waals surface area contributed by atoms with Gasteiger partial charge in [-0.25, -0.2) is 4.79 Å². The summed E-state index contributed by atoms with van der Waals surface area (Å²) in [5.74, 6) is -0.636. The van der Waals surface area contributed by atoms with Gasteiger partial charge in [-0.15, -0.1) is 0 Å². The third-order valence-electron chi connectivity index (χ3n) is 3.79. The van der Waals surface area contributed by atoms with Crippen LogP contribution in [0.15, 0.2) is 18.2 Å². The van der Waals surface area contributed by atoms with Gasteiger partial charge in [0.1, 0.15) is 11.8 Å². The molecule has 0 bridgehead atoms. The smallest absolute Gasteiger partial charge is 0.326 e. The molecule has 1 saturated heterocycles. The van der Waals surface area contributed by atoms with Crippen LogP contribution in [0.25, 0.3) is 0 Å². The minimum Gasteiger partial charge on any atom is -0.492 e. The van der Waals surface area contributed by atoms with E-state index >= 15 is 0 Å². The van der Waals surface area contributed by atoms with Crippen LogP contribution in [0.2, 0.25) is 5.02 Å². The molecule has 1 aliphatic rings. The monoisotopic (exact) mass is 325 g/mol. The van der Waals surface area contributed by atoms with Crippen LogP contribution in [-0.2, 0) is 16.0 Å². The van der Waals surface area contributed by atoms with E-state index in [2.05, 4.69) is 0 Å². The molecule has 0 aliphatic carbocycles. The van der Waals surface area contributed by atoms with Gasteiger partial charge in [0, 0.05) is 12.1 Å². The van der Waals surface area contributed by atoms with E-state index in [-0.39, 0.29) is 12.3 Å². The number of hydrogen-bond donors (Lipinski definition) is 1. The number of rotatable bonds is 5. The first kappa shape index (κ1) is 16.6. The second kappa shape index (κ2) is 7.49. The lowest BCUT2D eigenvalue weighted by atomic mass is 10.0. The largest absolute Gasteiger partial charge is 0.492 e. The molecular weight excluding hydrogens is 306 g/mol. The van der Waals surface area contributed by atoms with Crippen molar-refractivity contribution in [2.45, 2.75) is 38.6 Å². The van der Waals surface area contributed by atoms with Crippen LogP contribution in [0.5, 0.6) is 5.75 Å². The minimum atomic E-state index is -0.941. The fourth-order valence-corrected chi connectivity index (χ4v) is 3.00. The van der Waals surface area contributed by atoms with Gasteiger partial charge in [0.2, 0.25) is 5.91 Å². The molecule has 1 atom stereocenters. The van der Waals surface area contributed by atoms with Gasteiger partial charge >= 0.3 is 5.97 Å². The van der Waals surface area contributed by atoms with Gasteiger partial charge < -0.3 is 14.7 Å². The summed E-state index contributed by atoms with van der Waals surface area (Å²) >= 11 is 6.11. The molecule has 1 aromatic rings. The van der Waals surface area contributed by atoms with Gasteiger partial charge in [0.15, 0.2) is 0 Å². The predicted octanol–water partition coefficient (Wildman–Crippen LogP) is 2.75. The molecule has 0 unspecified atom stereocenters. The summed E-state index contributed by atoms with van der Waals surface area (Å²) in [6, 6.07) is 4.53. The van der Waals surface area contributed by atoms with Gasteiger partial charge in [-0.05, 0) is 32.3 Å². The molecule has 22 heavy (non-hydrogen) atoms. The van der Waals surface area contributed by atoms with Crippen LogP contribution in [0.3, 0.4) is 0 Å². The van der Waals surface area contributed by atoms with Gasteiger partial charge in [-0.2, -0.15) is 0 Å². The third kappa shape index (κ3) is 3.71. The summed E-state index contributed by atoms with van der Waals surface area (Å²) < 4.78 is 5.51. The lowest BCUT2D eigenvalue weighted by Gasteiger charge is -2.33. The number of para-hydroxylation sites is 1. The molecule has 1 amide bonds. The maximum absolute atomic E-state index is 12.5. The molecule has 0 aromatic heterocycles. The van der Waals surface area contributed by atoms with Crippen molar-refractivity contribution in [3.05, 3.63) is 28.8 Å². The van der Waals surface area contributed by atoms with E-state index in [4.69, 9.17) is 16.3 Å². The Labute approximate surface area is 134 Å². The SMILES string of the molecule is CCOc1c(Cl)cccc1CC(=O)N1CCCC[C@@H]1C(=O)O. The summed E-state index contributed by atoms with van der Waals surface area (Å²) in [5, 5.41) is 9.73. The van der Waals surface area contributed by atoms with Crippen molar-refractivity contribution >= 4 is 23.5 Å². The lowest BCUT2D eigenvalue weighted by molar-refractivity contribution is -0.151. The fraction of sp³-hybridized carbons (Fsp3) is 0.500. The molecule has 1 N–H and O–H groups in total. The number of carbonyl (C=O) groups excluding carboxylic acids is 1. The highest BCUT2D eigenvalue weighted by atomic mass is 35.5. The average Bonchev–Trinajstić information content (AvgIpc) is 2.50. The molecule has 120 valence electrons. The van der Waals surface area contributed by atoms with Crippen molar-refractivity contribution in [2.24, 2.45) is 0 Å². The number of carbonyl (C=O) groups is 2. The van der Waals surface area contributed by atoms with E-state index in [1.165, 1.54) is 4.90 Å². The molecule has 1 aliphatic heterocycles. The number of halogens is 1. The first-order valence-electron chi connectivity index (χ1n) is 7.47. The minimum absolute atomic E-state index is 0.0969. The predicted molar refractivity (Wildman–Crippen MR) is 83.3 cm³/mol. The Balaban J connectivity index is 2.17. The number of piperidine rings is 1. The molecule has 6 heteroatoms. The van der Waals surface area contributed by atoms with E-state index in [1.807, 2.05) is 6.92 Å². The third-order valence-corrected chi connectivity index (χ3v) is 4.08. The second-order valence-corrected chi connectivity index (χ2v) is 5.68. The zero-order chi connectivity index (χ0) is 16.1. The number of carboxylic acid groups (broad SMARTS) is 1. The molecular formula is C16H20ClNO4. The summed E-state index contributed by atoms with van der Waals surface area (Å²) in [7, 11) is 0. The van der Waals surface area contributed by atoms with Crippen molar-refractivity contribution in [3.8, 4) is 5.75 Å². The first-order valence-corrected chi connectivity index (χ1v) is 7.84. The number of benzene rings is 1. The molecule has 5 nitrogen and oxygen atoms in total. The highest BCUT2D eigenvalue weighted by Crippen LogP contribution is 2.30. The highest BCUT2D eigenvalue weighted by Gasteiger charge is 2.32. The average molecular weight is 326 g/mol. The number of ether oxygens (including phenoxy) is 1. The van der Waals surface area contributed by atoms with Crippen molar-refractivity contribution in [2.75, 3.05) is 13.2 Å². The first-order chi connectivity index (χ1) is 10.5. The van der Waals surface area contributed by atoms with E-state index in [1.54, 1.807) is 18.2 Å². The molecule has 1 heterocycles. The van der Waals surface area contributed by atoms with Crippen molar-refractivity contribution in [1.29, 1.82) is 0 Å². The van der Waals surface area contributed by atoms with E-state index < -0.39 is 12.0 Å². The van der Waals surface area contributed by atoms with Crippen LogP contribution in [0.1, 0.15) is 31.7 Å². The number of aliphatic carboxylic acids is 1. The maximum atomic E-state index is 12.5. The van der Waals surface area contributed by atoms with Crippen LogP contribution >= 0.6 is 11.6 Å². The van der Waals surface area contributed by atoms with Gasteiger partial charge in [-0.3, -0.25) is 4.79 Å².